The van der Waals surface area contributed by atoms with Gasteiger partial charge in [-0.3, -0.25) is 4.79 Å². The number of amides is 1. The van der Waals surface area contributed by atoms with E-state index in [9.17, 15) is 39.6 Å². The zero-order chi connectivity index (χ0) is 27.1. The topological polar surface area (TPSA) is 84.8 Å². The molecule has 2 aromatic rings. The van der Waals surface area contributed by atoms with E-state index in [2.05, 4.69) is 5.16 Å². The Bertz CT molecular complexity index is 1310. The van der Waals surface area contributed by atoms with Crippen LogP contribution in [0.25, 0.3) is 0 Å². The van der Waals surface area contributed by atoms with E-state index in [0.29, 0.717) is 0 Å². The molecule has 0 saturated heterocycles. The number of hydrogen-bond donors (Lipinski definition) is 1. The van der Waals surface area contributed by atoms with Crippen LogP contribution in [0.5, 0.6) is 0 Å². The number of oxime groups is 1. The Balaban J connectivity index is 1.86. The van der Waals surface area contributed by atoms with Gasteiger partial charge >= 0.3 is 12.4 Å². The number of carbonyl (C=O) groups excluding carboxylic acids is 1. The van der Waals surface area contributed by atoms with Crippen molar-refractivity contribution in [2.75, 3.05) is 12.3 Å². The van der Waals surface area contributed by atoms with Gasteiger partial charge in [-0.15, -0.1) is 0 Å². The van der Waals surface area contributed by atoms with Crippen molar-refractivity contribution in [1.29, 1.82) is 0 Å². The summed E-state index contributed by atoms with van der Waals surface area (Å²) in [5.41, 5.74) is -3.62. The molecular weight excluding hydrogens is 585 g/mol. The second-order valence-electron chi connectivity index (χ2n) is 7.59. The van der Waals surface area contributed by atoms with E-state index in [1.54, 1.807) is 0 Å². The minimum absolute atomic E-state index is 0.0280. The summed E-state index contributed by atoms with van der Waals surface area (Å²) < 4.78 is 104. The average Bonchev–Trinajstić information content (AvgIpc) is 3.17. The highest BCUT2D eigenvalue weighted by Gasteiger charge is 2.62. The van der Waals surface area contributed by atoms with Gasteiger partial charge in [0.15, 0.2) is 9.84 Å². The Morgan fingerprint density at radius 2 is 1.64 bits per heavy atom. The van der Waals surface area contributed by atoms with Crippen LogP contribution in [0, 0.1) is 0 Å². The number of alkyl halides is 6. The molecule has 1 aliphatic heterocycles. The van der Waals surface area contributed by atoms with Gasteiger partial charge in [0.1, 0.15) is 12.3 Å². The maximum absolute atomic E-state index is 14.1. The molecule has 0 fully saturated rings. The molecule has 1 amide bonds. The summed E-state index contributed by atoms with van der Waals surface area (Å²) >= 11 is 17.7. The standard InChI is InChI=1S/C20H13Cl3F6N2O4S/c21-12-4-11(5-13(22)6-12)18(20(27,28)29)7-15(31-35-18)10-1-2-16(14(23)3-10)36(33,34)8-17(32)30-9-19(24,25)26/h1-6H,7-9H2,(H,30,32)/t18-/m0/s1. The summed E-state index contributed by atoms with van der Waals surface area (Å²) in [6, 6.07) is 6.23. The molecule has 16 heteroatoms. The number of benzene rings is 2. The third kappa shape index (κ3) is 6.18. The molecule has 36 heavy (non-hydrogen) atoms. The van der Waals surface area contributed by atoms with Crippen LogP contribution in [0.1, 0.15) is 17.5 Å². The molecule has 6 nitrogen and oxygen atoms in total. The van der Waals surface area contributed by atoms with Crippen LogP contribution in [0.15, 0.2) is 46.4 Å². The largest absolute Gasteiger partial charge is 0.435 e. The van der Waals surface area contributed by atoms with Gasteiger partial charge in [0.2, 0.25) is 5.91 Å². The van der Waals surface area contributed by atoms with Crippen LogP contribution in [-0.2, 0) is 25.1 Å². The predicted octanol–water partition coefficient (Wildman–Crippen LogP) is 5.68. The second kappa shape index (κ2) is 9.92. The van der Waals surface area contributed by atoms with Gasteiger partial charge in [0.25, 0.3) is 5.60 Å². The van der Waals surface area contributed by atoms with Gasteiger partial charge in [-0.1, -0.05) is 46.0 Å². The molecule has 0 saturated carbocycles. The highest BCUT2D eigenvalue weighted by Crippen LogP contribution is 2.49. The first-order chi connectivity index (χ1) is 16.4. The Morgan fingerprint density at radius 1 is 1.03 bits per heavy atom. The molecule has 1 aliphatic rings. The van der Waals surface area contributed by atoms with Gasteiger partial charge in [0, 0.05) is 27.6 Å². The maximum Gasteiger partial charge on any atom is 0.435 e. The van der Waals surface area contributed by atoms with Crippen molar-refractivity contribution < 1.29 is 44.4 Å². The molecule has 0 aromatic heterocycles. The van der Waals surface area contributed by atoms with E-state index < -0.39 is 67.9 Å². The Morgan fingerprint density at radius 3 is 2.17 bits per heavy atom. The van der Waals surface area contributed by atoms with Gasteiger partial charge in [-0.2, -0.15) is 26.3 Å². The second-order valence-corrected chi connectivity index (χ2v) is 10.8. The average molecular weight is 598 g/mol. The maximum atomic E-state index is 14.1. The molecule has 1 N–H and O–H groups in total. The Hall–Kier alpha value is -2.22. The smallest absolute Gasteiger partial charge is 0.374 e. The molecule has 0 bridgehead atoms. The molecule has 1 heterocycles. The van der Waals surface area contributed by atoms with E-state index in [-0.39, 0.29) is 21.3 Å². The first-order valence-corrected chi connectivity index (χ1v) is 12.4. The van der Waals surface area contributed by atoms with Crippen molar-refractivity contribution >= 4 is 56.3 Å². The monoisotopic (exact) mass is 596 g/mol. The normalized spacial score (nSPS) is 18.5. The number of sulfone groups is 1. The number of hydrogen-bond acceptors (Lipinski definition) is 5. The summed E-state index contributed by atoms with van der Waals surface area (Å²) in [4.78, 5) is 15.9. The first kappa shape index (κ1) is 28.4. The lowest BCUT2D eigenvalue weighted by Gasteiger charge is -2.29. The lowest BCUT2D eigenvalue weighted by molar-refractivity contribution is -0.275. The SMILES string of the molecule is O=C(CS(=O)(=O)c1ccc(C2=NO[C@@](c3cc(Cl)cc(Cl)c3)(C(F)(F)F)C2)cc1Cl)NCC(F)(F)F. The third-order valence-electron chi connectivity index (χ3n) is 4.92. The molecule has 2 aromatic carbocycles. The lowest BCUT2D eigenvalue weighted by Crippen LogP contribution is -2.42. The van der Waals surface area contributed by atoms with Gasteiger partial charge in [0.05, 0.1) is 15.6 Å². The summed E-state index contributed by atoms with van der Waals surface area (Å²) in [6.45, 7) is -1.73. The molecule has 3 rings (SSSR count). The van der Waals surface area contributed by atoms with Crippen LogP contribution in [0.4, 0.5) is 26.3 Å². The molecule has 0 unspecified atom stereocenters. The quantitative estimate of drug-likeness (QED) is 0.434. The van der Waals surface area contributed by atoms with Crippen molar-refractivity contribution in [3.63, 3.8) is 0 Å². The summed E-state index contributed by atoms with van der Waals surface area (Å²) in [6.07, 6.45) is -10.6. The van der Waals surface area contributed by atoms with E-state index in [0.717, 1.165) is 30.3 Å². The minimum atomic E-state index is -4.97. The minimum Gasteiger partial charge on any atom is -0.374 e. The number of carbonyl (C=O) groups is 1. The van der Waals surface area contributed by atoms with Crippen LogP contribution >= 0.6 is 34.8 Å². The lowest BCUT2D eigenvalue weighted by atomic mass is 9.86. The van der Waals surface area contributed by atoms with Crippen molar-refractivity contribution in [2.45, 2.75) is 29.3 Å². The number of nitrogens with one attached hydrogen (secondary N) is 1. The highest BCUT2D eigenvalue weighted by atomic mass is 35.5. The van der Waals surface area contributed by atoms with E-state index >= 15 is 0 Å². The zero-order valence-electron chi connectivity index (χ0n) is 17.5. The summed E-state index contributed by atoms with van der Waals surface area (Å²) in [5.74, 6) is -2.75. The van der Waals surface area contributed by atoms with Gasteiger partial charge < -0.3 is 10.2 Å². The molecule has 0 aliphatic carbocycles. The number of nitrogens with zero attached hydrogens (tertiary/aromatic N) is 1. The van der Waals surface area contributed by atoms with E-state index in [1.807, 2.05) is 0 Å². The fourth-order valence-corrected chi connectivity index (χ4v) is 5.57. The molecule has 196 valence electrons. The Kier molecular flexibility index (Phi) is 7.81. The Labute approximate surface area is 215 Å². The van der Waals surface area contributed by atoms with Crippen molar-refractivity contribution in [3.05, 3.63) is 62.6 Å². The predicted molar refractivity (Wildman–Crippen MR) is 119 cm³/mol. The van der Waals surface area contributed by atoms with Crippen LogP contribution in [-0.4, -0.2) is 44.7 Å². The molecular formula is C20H13Cl3F6N2O4S. The van der Waals surface area contributed by atoms with Crippen LogP contribution < -0.4 is 5.32 Å². The van der Waals surface area contributed by atoms with Crippen molar-refractivity contribution in [2.24, 2.45) is 5.16 Å². The molecule has 1 atom stereocenters. The summed E-state index contributed by atoms with van der Waals surface area (Å²) in [7, 11) is -4.49. The highest BCUT2D eigenvalue weighted by molar-refractivity contribution is 7.92. The fraction of sp³-hybridized carbons (Fsp3) is 0.300. The first-order valence-electron chi connectivity index (χ1n) is 9.58. The van der Waals surface area contributed by atoms with Gasteiger partial charge in [-0.05, 0) is 30.3 Å². The molecule has 0 spiro atoms. The third-order valence-corrected chi connectivity index (χ3v) is 7.45. The van der Waals surface area contributed by atoms with Gasteiger partial charge in [-0.25, -0.2) is 8.42 Å². The van der Waals surface area contributed by atoms with E-state index in [1.165, 1.54) is 11.4 Å². The summed E-state index contributed by atoms with van der Waals surface area (Å²) in [5, 5.41) is 4.31. The van der Waals surface area contributed by atoms with E-state index in [4.69, 9.17) is 39.6 Å². The fourth-order valence-electron chi connectivity index (χ4n) is 3.28. The zero-order valence-corrected chi connectivity index (χ0v) is 20.6. The van der Waals surface area contributed by atoms with Crippen LogP contribution in [0.3, 0.4) is 0 Å². The number of halogens is 9. The van der Waals surface area contributed by atoms with Crippen molar-refractivity contribution in [3.8, 4) is 0 Å². The van der Waals surface area contributed by atoms with Crippen molar-refractivity contribution in [1.82, 2.24) is 5.32 Å². The van der Waals surface area contributed by atoms with Crippen LogP contribution in [0.2, 0.25) is 15.1 Å². The molecule has 0 radical (unpaired) electrons. The number of rotatable bonds is 6.